The number of piperazine rings is 1. The molecule has 16 heavy (non-hydrogen) atoms. The Morgan fingerprint density at radius 3 is 2.75 bits per heavy atom. The predicted octanol–water partition coefficient (Wildman–Crippen LogP) is -1.16. The molecule has 0 aromatic carbocycles. The summed E-state index contributed by atoms with van der Waals surface area (Å²) in [6, 6.07) is 0.407. The normalized spacial score (nSPS) is 30.1. The summed E-state index contributed by atoms with van der Waals surface area (Å²) in [6.07, 6.45) is 1.67. The minimum Gasteiger partial charge on any atom is -0.353 e. The Morgan fingerprint density at radius 2 is 2.12 bits per heavy atom. The third kappa shape index (κ3) is 2.53. The van der Waals surface area contributed by atoms with Gasteiger partial charge in [-0.2, -0.15) is 0 Å². The SMILES string of the molecule is CN1CCN(C)C(CNC(=O)C2(N)CC2)C1. The van der Waals surface area contributed by atoms with E-state index < -0.39 is 5.54 Å². The zero-order chi connectivity index (χ0) is 11.8. The molecule has 1 amide bonds. The molecule has 5 heteroatoms. The van der Waals surface area contributed by atoms with Crippen LogP contribution in [0.15, 0.2) is 0 Å². The van der Waals surface area contributed by atoms with Crippen molar-refractivity contribution >= 4 is 5.91 Å². The molecule has 0 bridgehead atoms. The standard InChI is InChI=1S/C11H22N4O/c1-14-5-6-15(2)9(8-14)7-13-10(16)11(12)3-4-11/h9H,3-8,12H2,1-2H3,(H,13,16). The molecule has 2 rings (SSSR count). The zero-order valence-electron chi connectivity index (χ0n) is 10.2. The van der Waals surface area contributed by atoms with Crippen molar-refractivity contribution in [2.45, 2.75) is 24.4 Å². The van der Waals surface area contributed by atoms with Gasteiger partial charge >= 0.3 is 0 Å². The van der Waals surface area contributed by atoms with Crippen LogP contribution in [-0.2, 0) is 4.79 Å². The molecule has 92 valence electrons. The van der Waals surface area contributed by atoms with Crippen LogP contribution < -0.4 is 11.1 Å². The van der Waals surface area contributed by atoms with Gasteiger partial charge < -0.3 is 16.0 Å². The summed E-state index contributed by atoms with van der Waals surface area (Å²) in [5.74, 6) is 0.0223. The van der Waals surface area contributed by atoms with E-state index in [0.29, 0.717) is 12.6 Å². The second-order valence-corrected chi connectivity index (χ2v) is 5.26. The molecule has 0 radical (unpaired) electrons. The third-order valence-corrected chi connectivity index (χ3v) is 3.72. The van der Waals surface area contributed by atoms with Gasteiger partial charge in [-0.3, -0.25) is 9.69 Å². The van der Waals surface area contributed by atoms with Gasteiger partial charge in [0.15, 0.2) is 0 Å². The Kier molecular flexibility index (Phi) is 3.19. The highest BCUT2D eigenvalue weighted by atomic mass is 16.2. The second-order valence-electron chi connectivity index (χ2n) is 5.26. The fourth-order valence-corrected chi connectivity index (χ4v) is 2.07. The van der Waals surface area contributed by atoms with Gasteiger partial charge in [0.25, 0.3) is 0 Å². The topological polar surface area (TPSA) is 61.6 Å². The first-order chi connectivity index (χ1) is 7.51. The molecule has 2 fully saturated rings. The van der Waals surface area contributed by atoms with E-state index in [2.05, 4.69) is 29.2 Å². The lowest BCUT2D eigenvalue weighted by atomic mass is 10.1. The first-order valence-electron chi connectivity index (χ1n) is 5.97. The van der Waals surface area contributed by atoms with E-state index in [1.807, 2.05) is 0 Å². The van der Waals surface area contributed by atoms with Crippen molar-refractivity contribution < 1.29 is 4.79 Å². The smallest absolute Gasteiger partial charge is 0.240 e. The van der Waals surface area contributed by atoms with E-state index in [9.17, 15) is 4.79 Å². The minimum absolute atomic E-state index is 0.0223. The average Bonchev–Trinajstić information content (AvgIpc) is 2.99. The van der Waals surface area contributed by atoms with Crippen LogP contribution >= 0.6 is 0 Å². The number of nitrogens with zero attached hydrogens (tertiary/aromatic N) is 2. The maximum atomic E-state index is 11.7. The molecule has 1 heterocycles. The van der Waals surface area contributed by atoms with Gasteiger partial charge in [-0.1, -0.05) is 0 Å². The Balaban J connectivity index is 1.78. The average molecular weight is 226 g/mol. The van der Waals surface area contributed by atoms with E-state index in [1.54, 1.807) is 0 Å². The van der Waals surface area contributed by atoms with Crippen LogP contribution in [0.1, 0.15) is 12.8 Å². The Hall–Kier alpha value is -0.650. The fourth-order valence-electron chi connectivity index (χ4n) is 2.07. The summed E-state index contributed by atoms with van der Waals surface area (Å²) in [5.41, 5.74) is 5.29. The highest BCUT2D eigenvalue weighted by Gasteiger charge is 2.45. The van der Waals surface area contributed by atoms with Gasteiger partial charge in [0.05, 0.1) is 5.54 Å². The number of carbonyl (C=O) groups is 1. The van der Waals surface area contributed by atoms with Gasteiger partial charge in [0.2, 0.25) is 5.91 Å². The molecule has 1 aliphatic heterocycles. The van der Waals surface area contributed by atoms with E-state index >= 15 is 0 Å². The van der Waals surface area contributed by atoms with Crippen LogP contribution in [0.2, 0.25) is 0 Å². The van der Waals surface area contributed by atoms with Gasteiger partial charge in [0.1, 0.15) is 0 Å². The van der Waals surface area contributed by atoms with Crippen molar-refractivity contribution in [2.75, 3.05) is 40.3 Å². The van der Waals surface area contributed by atoms with E-state index in [0.717, 1.165) is 32.5 Å². The van der Waals surface area contributed by atoms with Crippen molar-refractivity contribution in [3.63, 3.8) is 0 Å². The third-order valence-electron chi connectivity index (χ3n) is 3.72. The predicted molar refractivity (Wildman–Crippen MR) is 63.1 cm³/mol. The summed E-state index contributed by atoms with van der Waals surface area (Å²) >= 11 is 0. The molecule has 0 spiro atoms. The molecule has 3 N–H and O–H groups in total. The lowest BCUT2D eigenvalue weighted by molar-refractivity contribution is -0.123. The summed E-state index contributed by atoms with van der Waals surface area (Å²) in [6.45, 7) is 3.87. The monoisotopic (exact) mass is 226 g/mol. The molecule has 0 aromatic rings. The number of carbonyl (C=O) groups excluding carboxylic acids is 1. The molecule has 1 saturated carbocycles. The van der Waals surface area contributed by atoms with Crippen LogP contribution in [0, 0.1) is 0 Å². The molecule has 5 nitrogen and oxygen atoms in total. The highest BCUT2D eigenvalue weighted by molar-refractivity contribution is 5.88. The van der Waals surface area contributed by atoms with Crippen LogP contribution in [0.25, 0.3) is 0 Å². The summed E-state index contributed by atoms with van der Waals surface area (Å²) in [4.78, 5) is 16.3. The van der Waals surface area contributed by atoms with Gasteiger partial charge in [0, 0.05) is 32.2 Å². The van der Waals surface area contributed by atoms with Gasteiger partial charge in [-0.25, -0.2) is 0 Å². The lowest BCUT2D eigenvalue weighted by Gasteiger charge is -2.37. The Morgan fingerprint density at radius 1 is 1.44 bits per heavy atom. The van der Waals surface area contributed by atoms with Crippen LogP contribution in [0.3, 0.4) is 0 Å². The quantitative estimate of drug-likeness (QED) is 0.637. The minimum atomic E-state index is -0.543. The molecular weight excluding hydrogens is 204 g/mol. The summed E-state index contributed by atoms with van der Waals surface area (Å²) < 4.78 is 0. The molecule has 1 unspecified atom stereocenters. The van der Waals surface area contributed by atoms with Crippen molar-refractivity contribution in [1.82, 2.24) is 15.1 Å². The van der Waals surface area contributed by atoms with Gasteiger partial charge in [-0.05, 0) is 26.9 Å². The van der Waals surface area contributed by atoms with E-state index in [4.69, 9.17) is 5.73 Å². The van der Waals surface area contributed by atoms with Crippen molar-refractivity contribution in [3.05, 3.63) is 0 Å². The maximum absolute atomic E-state index is 11.7. The maximum Gasteiger partial charge on any atom is 0.240 e. The van der Waals surface area contributed by atoms with Crippen LogP contribution in [0.4, 0.5) is 0 Å². The zero-order valence-corrected chi connectivity index (χ0v) is 10.2. The molecular formula is C11H22N4O. The number of likely N-dealkylation sites (N-methyl/N-ethyl adjacent to an activating group) is 2. The van der Waals surface area contributed by atoms with Crippen LogP contribution in [0.5, 0.6) is 0 Å². The number of nitrogens with one attached hydrogen (secondary N) is 1. The number of amides is 1. The summed E-state index contributed by atoms with van der Waals surface area (Å²) in [5, 5.41) is 2.97. The molecule has 1 saturated heterocycles. The second kappa shape index (κ2) is 4.31. The number of hydrogen-bond acceptors (Lipinski definition) is 4. The Labute approximate surface area is 96.9 Å². The molecule has 0 aromatic heterocycles. The molecule has 2 aliphatic rings. The van der Waals surface area contributed by atoms with Crippen molar-refractivity contribution in [3.8, 4) is 0 Å². The molecule has 1 atom stereocenters. The Bertz CT molecular complexity index is 277. The van der Waals surface area contributed by atoms with E-state index in [1.165, 1.54) is 0 Å². The number of rotatable bonds is 3. The van der Waals surface area contributed by atoms with Crippen molar-refractivity contribution in [1.29, 1.82) is 0 Å². The largest absolute Gasteiger partial charge is 0.353 e. The fraction of sp³-hybridized carbons (Fsp3) is 0.909. The number of hydrogen-bond donors (Lipinski definition) is 2. The summed E-state index contributed by atoms with van der Waals surface area (Å²) in [7, 11) is 4.23. The highest BCUT2D eigenvalue weighted by Crippen LogP contribution is 2.32. The molecule has 1 aliphatic carbocycles. The lowest BCUT2D eigenvalue weighted by Crippen LogP contribution is -2.56. The van der Waals surface area contributed by atoms with Crippen LogP contribution in [-0.4, -0.2) is 67.6 Å². The van der Waals surface area contributed by atoms with Crippen molar-refractivity contribution in [2.24, 2.45) is 5.73 Å². The first-order valence-corrected chi connectivity index (χ1v) is 5.97. The number of nitrogens with two attached hydrogens (primary N) is 1. The van der Waals surface area contributed by atoms with E-state index in [-0.39, 0.29) is 5.91 Å². The van der Waals surface area contributed by atoms with Gasteiger partial charge in [-0.15, -0.1) is 0 Å². The first kappa shape index (κ1) is 11.8.